The van der Waals surface area contributed by atoms with E-state index in [2.05, 4.69) is 27.9 Å². The Labute approximate surface area is 91.9 Å². The van der Waals surface area contributed by atoms with Crippen molar-refractivity contribution < 1.29 is 4.79 Å². The predicted octanol–water partition coefficient (Wildman–Crippen LogP) is 2.95. The summed E-state index contributed by atoms with van der Waals surface area (Å²) in [7, 11) is 0. The van der Waals surface area contributed by atoms with Gasteiger partial charge < -0.3 is 5.32 Å². The van der Waals surface area contributed by atoms with Crippen LogP contribution in [0.4, 0.5) is 5.69 Å². The summed E-state index contributed by atoms with van der Waals surface area (Å²) < 4.78 is 1.13. The molecule has 0 aromatic heterocycles. The highest BCUT2D eigenvalue weighted by molar-refractivity contribution is 14.1. The molecular formula is C10H12INO. The predicted molar refractivity (Wildman–Crippen MR) is 62.8 cm³/mol. The van der Waals surface area contributed by atoms with E-state index in [1.165, 1.54) is 0 Å². The fourth-order valence-electron chi connectivity index (χ4n) is 0.967. The van der Waals surface area contributed by atoms with Crippen LogP contribution < -0.4 is 5.32 Å². The second kappa shape index (κ2) is 4.60. The Balaban J connectivity index is 2.87. The first-order valence-corrected chi connectivity index (χ1v) is 5.27. The lowest BCUT2D eigenvalue weighted by molar-refractivity contribution is -0.115. The highest BCUT2D eigenvalue weighted by Gasteiger charge is 2.02. The molecule has 0 radical (unpaired) electrons. The van der Waals surface area contributed by atoms with Crippen molar-refractivity contribution in [1.29, 1.82) is 0 Å². The van der Waals surface area contributed by atoms with E-state index in [0.29, 0.717) is 6.42 Å². The third-order valence-electron chi connectivity index (χ3n) is 1.79. The van der Waals surface area contributed by atoms with Crippen LogP contribution in [0.3, 0.4) is 0 Å². The maximum atomic E-state index is 11.1. The molecule has 0 aliphatic heterocycles. The first-order valence-electron chi connectivity index (χ1n) is 4.19. The monoisotopic (exact) mass is 289 g/mol. The zero-order valence-electron chi connectivity index (χ0n) is 7.73. The number of hydrogen-bond acceptors (Lipinski definition) is 1. The number of hydrogen-bond donors (Lipinski definition) is 1. The Kier molecular flexibility index (Phi) is 3.71. The largest absolute Gasteiger partial charge is 0.326 e. The van der Waals surface area contributed by atoms with Gasteiger partial charge in [0.15, 0.2) is 0 Å². The topological polar surface area (TPSA) is 29.1 Å². The molecule has 0 aliphatic rings. The van der Waals surface area contributed by atoms with Crippen LogP contribution in [-0.4, -0.2) is 5.91 Å². The van der Waals surface area contributed by atoms with Gasteiger partial charge in [-0.2, -0.15) is 0 Å². The molecule has 0 atom stereocenters. The van der Waals surface area contributed by atoms with Gasteiger partial charge >= 0.3 is 0 Å². The van der Waals surface area contributed by atoms with Crippen molar-refractivity contribution in [2.24, 2.45) is 0 Å². The Morgan fingerprint density at radius 1 is 1.54 bits per heavy atom. The van der Waals surface area contributed by atoms with Gasteiger partial charge in [-0.05, 0) is 47.2 Å². The van der Waals surface area contributed by atoms with Crippen molar-refractivity contribution in [3.8, 4) is 0 Å². The van der Waals surface area contributed by atoms with Gasteiger partial charge in [0, 0.05) is 15.7 Å². The molecule has 1 amide bonds. The highest BCUT2D eigenvalue weighted by Crippen LogP contribution is 2.18. The van der Waals surface area contributed by atoms with E-state index in [1.807, 2.05) is 32.0 Å². The Morgan fingerprint density at radius 3 is 2.85 bits per heavy atom. The number of nitrogens with one attached hydrogen (secondary N) is 1. The van der Waals surface area contributed by atoms with E-state index in [9.17, 15) is 4.79 Å². The smallest absolute Gasteiger partial charge is 0.224 e. The molecule has 0 saturated carbocycles. The quantitative estimate of drug-likeness (QED) is 0.833. The van der Waals surface area contributed by atoms with E-state index in [4.69, 9.17) is 0 Å². The highest BCUT2D eigenvalue weighted by atomic mass is 127. The van der Waals surface area contributed by atoms with Crippen molar-refractivity contribution >= 4 is 34.2 Å². The average molecular weight is 289 g/mol. The zero-order valence-corrected chi connectivity index (χ0v) is 9.88. The van der Waals surface area contributed by atoms with E-state index < -0.39 is 0 Å². The van der Waals surface area contributed by atoms with Gasteiger partial charge in [0.05, 0.1) is 0 Å². The fourth-order valence-corrected chi connectivity index (χ4v) is 1.46. The second-order valence-electron chi connectivity index (χ2n) is 2.86. The summed E-state index contributed by atoms with van der Waals surface area (Å²) in [5.41, 5.74) is 2.01. The molecule has 0 aliphatic carbocycles. The number of rotatable bonds is 2. The molecule has 0 bridgehead atoms. The summed E-state index contributed by atoms with van der Waals surface area (Å²) in [6, 6.07) is 6.01. The van der Waals surface area contributed by atoms with Crippen LogP contribution in [0, 0.1) is 10.5 Å². The van der Waals surface area contributed by atoms with Crippen LogP contribution in [0.2, 0.25) is 0 Å². The summed E-state index contributed by atoms with van der Waals surface area (Å²) in [6.07, 6.45) is 0.519. The van der Waals surface area contributed by atoms with E-state index >= 15 is 0 Å². The second-order valence-corrected chi connectivity index (χ2v) is 4.11. The fraction of sp³-hybridized carbons (Fsp3) is 0.300. The van der Waals surface area contributed by atoms with Crippen molar-refractivity contribution in [1.82, 2.24) is 0 Å². The van der Waals surface area contributed by atoms with Crippen LogP contribution in [0.15, 0.2) is 18.2 Å². The molecule has 0 saturated heterocycles. The van der Waals surface area contributed by atoms with Gasteiger partial charge in [0.2, 0.25) is 5.91 Å². The number of halogens is 1. The summed E-state index contributed by atoms with van der Waals surface area (Å²) in [5, 5.41) is 2.86. The van der Waals surface area contributed by atoms with Gasteiger partial charge in [-0.3, -0.25) is 4.79 Å². The maximum absolute atomic E-state index is 11.1. The van der Waals surface area contributed by atoms with Crippen LogP contribution in [0.1, 0.15) is 18.9 Å². The van der Waals surface area contributed by atoms with Crippen molar-refractivity contribution in [2.75, 3.05) is 5.32 Å². The molecule has 13 heavy (non-hydrogen) atoms. The van der Waals surface area contributed by atoms with Gasteiger partial charge in [0.1, 0.15) is 0 Å². The number of aryl methyl sites for hydroxylation is 1. The first-order chi connectivity index (χ1) is 6.13. The van der Waals surface area contributed by atoms with Gasteiger partial charge in [0.25, 0.3) is 0 Å². The van der Waals surface area contributed by atoms with Crippen molar-refractivity contribution in [2.45, 2.75) is 20.3 Å². The lowest BCUT2D eigenvalue weighted by atomic mass is 10.2. The Morgan fingerprint density at radius 2 is 2.23 bits per heavy atom. The molecule has 0 unspecified atom stereocenters. The third-order valence-corrected chi connectivity index (χ3v) is 2.47. The van der Waals surface area contributed by atoms with Crippen molar-refractivity contribution in [3.05, 3.63) is 27.3 Å². The molecule has 1 rings (SSSR count). The average Bonchev–Trinajstić information content (AvgIpc) is 2.11. The molecule has 0 heterocycles. The summed E-state index contributed by atoms with van der Waals surface area (Å²) >= 11 is 2.23. The Bertz CT molecular complexity index is 323. The molecule has 1 aromatic carbocycles. The minimum Gasteiger partial charge on any atom is -0.326 e. The van der Waals surface area contributed by atoms with Gasteiger partial charge in [-0.15, -0.1) is 0 Å². The molecule has 0 fully saturated rings. The lowest BCUT2D eigenvalue weighted by Crippen LogP contribution is -2.10. The number of anilines is 1. The summed E-state index contributed by atoms with van der Waals surface area (Å²) in [5.74, 6) is 0.0603. The van der Waals surface area contributed by atoms with Crippen LogP contribution >= 0.6 is 22.6 Å². The van der Waals surface area contributed by atoms with Gasteiger partial charge in [-0.25, -0.2) is 0 Å². The minimum atomic E-state index is 0.0603. The first kappa shape index (κ1) is 10.5. The standard InChI is InChI=1S/C10H12INO/c1-3-10(13)12-9-6-8(11)5-4-7(9)2/h4-6H,3H2,1-2H3,(H,12,13). The van der Waals surface area contributed by atoms with E-state index in [1.54, 1.807) is 0 Å². The molecule has 1 N–H and O–H groups in total. The minimum absolute atomic E-state index is 0.0603. The third kappa shape index (κ3) is 2.99. The number of benzene rings is 1. The van der Waals surface area contributed by atoms with Crippen LogP contribution in [0.5, 0.6) is 0 Å². The summed E-state index contributed by atoms with van der Waals surface area (Å²) in [6.45, 7) is 3.83. The molecule has 1 aromatic rings. The number of amides is 1. The van der Waals surface area contributed by atoms with E-state index in [-0.39, 0.29) is 5.91 Å². The van der Waals surface area contributed by atoms with Crippen LogP contribution in [0.25, 0.3) is 0 Å². The summed E-state index contributed by atoms with van der Waals surface area (Å²) in [4.78, 5) is 11.1. The molecular weight excluding hydrogens is 277 g/mol. The normalized spacial score (nSPS) is 9.77. The SMILES string of the molecule is CCC(=O)Nc1cc(I)ccc1C. The molecule has 3 heteroatoms. The van der Waals surface area contributed by atoms with Crippen LogP contribution in [-0.2, 0) is 4.79 Å². The zero-order chi connectivity index (χ0) is 9.84. The molecule has 2 nitrogen and oxygen atoms in total. The number of carbonyl (C=O) groups excluding carboxylic acids is 1. The molecule has 0 spiro atoms. The van der Waals surface area contributed by atoms with Gasteiger partial charge in [-0.1, -0.05) is 13.0 Å². The number of carbonyl (C=O) groups is 1. The maximum Gasteiger partial charge on any atom is 0.224 e. The van der Waals surface area contributed by atoms with E-state index in [0.717, 1.165) is 14.8 Å². The van der Waals surface area contributed by atoms with Crippen molar-refractivity contribution in [3.63, 3.8) is 0 Å². The molecule has 70 valence electrons. The lowest BCUT2D eigenvalue weighted by Gasteiger charge is -2.07. The Hall–Kier alpha value is -0.580.